The van der Waals surface area contributed by atoms with Gasteiger partial charge in [-0.15, -0.1) is 11.8 Å². The van der Waals surface area contributed by atoms with E-state index >= 15 is 0 Å². The fourth-order valence-corrected chi connectivity index (χ4v) is 3.82. The predicted octanol–water partition coefficient (Wildman–Crippen LogP) is 2.85. The number of hydrogen-bond acceptors (Lipinski definition) is 6. The minimum atomic E-state index is 0.173. The van der Waals surface area contributed by atoms with Crippen molar-refractivity contribution in [2.45, 2.75) is 34.4 Å². The Morgan fingerprint density at radius 1 is 1.50 bits per heavy atom. The molecule has 1 heterocycles. The second-order valence-corrected chi connectivity index (χ2v) is 5.94. The average Bonchev–Trinajstić information content (AvgIpc) is 2.39. The average molecular weight is 278 g/mol. The van der Waals surface area contributed by atoms with Gasteiger partial charge in [0.1, 0.15) is 11.1 Å². The Kier molecular flexibility index (Phi) is 4.50. The summed E-state index contributed by atoms with van der Waals surface area (Å²) in [6.45, 7) is 0. The lowest BCUT2D eigenvalue weighted by molar-refractivity contribution is 0.739. The lowest BCUT2D eigenvalue weighted by atomic mass is 10.1. The Bertz CT molecular complexity index is 508. The Labute approximate surface area is 115 Å². The van der Waals surface area contributed by atoms with Crippen molar-refractivity contribution in [3.63, 3.8) is 0 Å². The number of rotatable bonds is 3. The predicted molar refractivity (Wildman–Crippen MR) is 75.6 cm³/mol. The summed E-state index contributed by atoms with van der Waals surface area (Å²) in [6, 6.07) is 2.08. The van der Waals surface area contributed by atoms with Crippen LogP contribution in [0, 0.1) is 11.3 Å². The van der Waals surface area contributed by atoms with Crippen LogP contribution in [0.15, 0.2) is 22.1 Å². The molecule has 0 aromatic carbocycles. The monoisotopic (exact) mass is 278 g/mol. The first-order valence-corrected chi connectivity index (χ1v) is 7.80. The zero-order valence-electron chi connectivity index (χ0n) is 10.1. The van der Waals surface area contributed by atoms with Crippen LogP contribution < -0.4 is 5.73 Å². The minimum Gasteiger partial charge on any atom is -0.368 e. The quantitative estimate of drug-likeness (QED) is 0.520. The van der Waals surface area contributed by atoms with Crippen LogP contribution in [-0.4, -0.2) is 21.5 Å². The Morgan fingerprint density at radius 2 is 2.33 bits per heavy atom. The van der Waals surface area contributed by atoms with Gasteiger partial charge in [0.2, 0.25) is 5.95 Å². The highest BCUT2D eigenvalue weighted by Crippen LogP contribution is 2.36. The molecule has 0 amide bonds. The van der Waals surface area contributed by atoms with E-state index in [1.807, 2.05) is 6.26 Å². The topological polar surface area (TPSA) is 75.6 Å². The van der Waals surface area contributed by atoms with E-state index in [1.54, 1.807) is 11.8 Å². The molecule has 0 fully saturated rings. The van der Waals surface area contributed by atoms with Crippen molar-refractivity contribution in [3.05, 3.63) is 17.8 Å². The van der Waals surface area contributed by atoms with Gasteiger partial charge in [-0.2, -0.15) is 5.26 Å². The van der Waals surface area contributed by atoms with Crippen LogP contribution in [0.3, 0.4) is 0 Å². The molecule has 2 rings (SSSR count). The van der Waals surface area contributed by atoms with Crippen molar-refractivity contribution in [3.8, 4) is 6.07 Å². The van der Waals surface area contributed by atoms with Gasteiger partial charge in [0, 0.05) is 5.25 Å². The maximum atomic E-state index is 9.07. The second-order valence-electron chi connectivity index (χ2n) is 3.90. The first kappa shape index (κ1) is 13.2. The number of anilines is 1. The lowest BCUT2D eigenvalue weighted by Gasteiger charge is -2.16. The van der Waals surface area contributed by atoms with Gasteiger partial charge >= 0.3 is 0 Å². The Balaban J connectivity index is 2.31. The van der Waals surface area contributed by atoms with E-state index in [1.165, 1.54) is 18.2 Å². The van der Waals surface area contributed by atoms with Crippen LogP contribution in [0.4, 0.5) is 5.95 Å². The number of thioether (sulfide) groups is 2. The number of nitriles is 1. The molecule has 0 saturated heterocycles. The lowest BCUT2D eigenvalue weighted by Crippen LogP contribution is -2.06. The molecule has 6 heteroatoms. The Hall–Kier alpha value is -1.19. The molecule has 0 bridgehead atoms. The fraction of sp³-hybridized carbons (Fsp3) is 0.417. The largest absolute Gasteiger partial charge is 0.368 e. The van der Waals surface area contributed by atoms with Gasteiger partial charge in [0.15, 0.2) is 5.69 Å². The molecule has 1 aliphatic rings. The van der Waals surface area contributed by atoms with E-state index in [-0.39, 0.29) is 5.95 Å². The molecule has 2 N–H and O–H groups in total. The third-order valence-corrected chi connectivity index (χ3v) is 4.77. The van der Waals surface area contributed by atoms with Gasteiger partial charge in [-0.3, -0.25) is 0 Å². The van der Waals surface area contributed by atoms with Crippen molar-refractivity contribution >= 4 is 29.5 Å². The van der Waals surface area contributed by atoms with Crippen LogP contribution in [-0.2, 0) is 0 Å². The van der Waals surface area contributed by atoms with Crippen molar-refractivity contribution in [1.82, 2.24) is 9.97 Å². The van der Waals surface area contributed by atoms with Gasteiger partial charge in [-0.1, -0.05) is 23.9 Å². The summed E-state index contributed by atoms with van der Waals surface area (Å²) in [5, 5.41) is 10.3. The molecule has 0 aliphatic heterocycles. The smallest absolute Gasteiger partial charge is 0.222 e. The van der Waals surface area contributed by atoms with E-state index in [0.717, 1.165) is 22.8 Å². The summed E-state index contributed by atoms with van der Waals surface area (Å²) < 4.78 is 0. The van der Waals surface area contributed by atoms with Crippen LogP contribution in [0.25, 0.3) is 0 Å². The molecule has 1 atom stereocenters. The minimum absolute atomic E-state index is 0.173. The first-order chi connectivity index (χ1) is 8.74. The van der Waals surface area contributed by atoms with Gasteiger partial charge in [0.25, 0.3) is 0 Å². The van der Waals surface area contributed by atoms with Crippen LogP contribution in [0.5, 0.6) is 0 Å². The van der Waals surface area contributed by atoms with E-state index < -0.39 is 0 Å². The number of nitrogen functional groups attached to an aromatic ring is 1. The molecular weight excluding hydrogens is 264 g/mol. The van der Waals surface area contributed by atoms with Gasteiger partial charge in [-0.25, -0.2) is 9.97 Å². The number of aromatic nitrogens is 2. The third kappa shape index (κ3) is 2.98. The first-order valence-electron chi connectivity index (χ1n) is 5.69. The molecule has 0 saturated carbocycles. The van der Waals surface area contributed by atoms with Crippen LogP contribution in [0.1, 0.15) is 25.0 Å². The maximum absolute atomic E-state index is 9.07. The maximum Gasteiger partial charge on any atom is 0.222 e. The highest BCUT2D eigenvalue weighted by Gasteiger charge is 2.17. The third-order valence-electron chi connectivity index (χ3n) is 2.63. The molecule has 1 unspecified atom stereocenters. The molecule has 1 aliphatic carbocycles. The summed E-state index contributed by atoms with van der Waals surface area (Å²) in [6.07, 6.45) is 9.84. The molecule has 1 aromatic heterocycles. The zero-order valence-corrected chi connectivity index (χ0v) is 11.7. The summed E-state index contributed by atoms with van der Waals surface area (Å²) in [4.78, 5) is 9.07. The highest BCUT2D eigenvalue weighted by atomic mass is 32.2. The molecule has 94 valence electrons. The molecule has 1 aromatic rings. The molecule has 4 nitrogen and oxygen atoms in total. The number of nitrogens with two attached hydrogens (primary N) is 1. The molecular formula is C12H14N4S2. The van der Waals surface area contributed by atoms with Crippen molar-refractivity contribution in [2.24, 2.45) is 0 Å². The molecule has 0 radical (unpaired) electrons. The molecule has 0 spiro atoms. The number of nitrogens with zero attached hydrogens (tertiary/aromatic N) is 3. The summed E-state index contributed by atoms with van der Waals surface area (Å²) in [7, 11) is 0. The standard InChI is InChI=1S/C12H14N4S2/c1-17-10-9(7-13)15-12(14)16-11(10)18-8-5-3-2-4-6-8/h3,5,8H,2,4,6H2,1H3,(H2,14,15,16). The summed E-state index contributed by atoms with van der Waals surface area (Å²) in [5.74, 6) is 0.173. The fourth-order valence-electron chi connectivity index (χ4n) is 1.81. The Morgan fingerprint density at radius 3 is 2.94 bits per heavy atom. The SMILES string of the molecule is CSc1c(C#N)nc(N)nc1SC1C=CCCC1. The molecule has 18 heavy (non-hydrogen) atoms. The van der Waals surface area contributed by atoms with Crippen molar-refractivity contribution < 1.29 is 0 Å². The van der Waals surface area contributed by atoms with E-state index in [2.05, 4.69) is 28.2 Å². The van der Waals surface area contributed by atoms with E-state index in [0.29, 0.717) is 10.9 Å². The van der Waals surface area contributed by atoms with Crippen molar-refractivity contribution in [1.29, 1.82) is 5.26 Å². The summed E-state index contributed by atoms with van der Waals surface area (Å²) in [5.41, 5.74) is 6.02. The number of allylic oxidation sites excluding steroid dienone is 1. The van der Waals surface area contributed by atoms with Gasteiger partial charge in [-0.05, 0) is 25.5 Å². The number of hydrogen-bond donors (Lipinski definition) is 1. The summed E-state index contributed by atoms with van der Waals surface area (Å²) >= 11 is 3.17. The van der Waals surface area contributed by atoms with Gasteiger partial charge < -0.3 is 5.73 Å². The normalized spacial score (nSPS) is 18.6. The van der Waals surface area contributed by atoms with Crippen molar-refractivity contribution in [2.75, 3.05) is 12.0 Å². The highest BCUT2D eigenvalue weighted by molar-refractivity contribution is 8.02. The van der Waals surface area contributed by atoms with Gasteiger partial charge in [0.05, 0.1) is 4.90 Å². The second kappa shape index (κ2) is 6.12. The zero-order chi connectivity index (χ0) is 13.0. The van der Waals surface area contributed by atoms with E-state index in [9.17, 15) is 0 Å². The van der Waals surface area contributed by atoms with E-state index in [4.69, 9.17) is 11.0 Å². The van der Waals surface area contributed by atoms with Crippen LogP contribution in [0.2, 0.25) is 0 Å². The van der Waals surface area contributed by atoms with Crippen LogP contribution >= 0.6 is 23.5 Å².